The lowest BCUT2D eigenvalue weighted by Gasteiger charge is -2.11. The van der Waals surface area contributed by atoms with Gasteiger partial charge in [0.15, 0.2) is 5.71 Å². The van der Waals surface area contributed by atoms with Crippen LogP contribution in [0.5, 0.6) is 11.5 Å². The number of aromatic hydroxyl groups is 1. The van der Waals surface area contributed by atoms with E-state index >= 15 is 0 Å². The Morgan fingerprint density at radius 1 is 1.13 bits per heavy atom. The molecule has 0 bridgehead atoms. The predicted molar refractivity (Wildman–Crippen MR) is 84.4 cm³/mol. The fourth-order valence-corrected chi connectivity index (χ4v) is 2.00. The lowest BCUT2D eigenvalue weighted by molar-refractivity contribution is -0.132. The number of oxime groups is 1. The minimum Gasteiger partial charge on any atom is -0.508 e. The molecule has 0 unspecified atom stereocenters. The summed E-state index contributed by atoms with van der Waals surface area (Å²) in [6.45, 7) is 0.194. The van der Waals surface area contributed by atoms with Gasteiger partial charge in [-0.1, -0.05) is 35.5 Å². The number of rotatable bonds is 6. The highest BCUT2D eigenvalue weighted by Gasteiger charge is 2.19. The van der Waals surface area contributed by atoms with Gasteiger partial charge in [0, 0.05) is 11.6 Å². The van der Waals surface area contributed by atoms with E-state index in [4.69, 9.17) is 14.3 Å². The minimum absolute atomic E-state index is 0.0603. The smallest absolute Gasteiger partial charge is 0.360 e. The van der Waals surface area contributed by atoms with Gasteiger partial charge >= 0.3 is 5.97 Å². The number of carbonyl (C=O) groups excluding carboxylic acids is 1. The molecule has 2 aromatic rings. The molecule has 0 aliphatic heterocycles. The molecule has 0 amide bonds. The summed E-state index contributed by atoms with van der Waals surface area (Å²) in [7, 11) is 2.63. The van der Waals surface area contributed by atoms with Crippen LogP contribution in [0, 0.1) is 0 Å². The van der Waals surface area contributed by atoms with Crippen LogP contribution in [0.3, 0.4) is 0 Å². The first-order valence-corrected chi connectivity index (χ1v) is 6.85. The SMILES string of the molecule is CO/N=C(/C(=O)OC)c1ccccc1COc1cccc(O)c1. The number of phenolic OH excluding ortho intramolecular Hbond substituents is 1. The summed E-state index contributed by atoms with van der Waals surface area (Å²) in [6, 6.07) is 13.6. The molecule has 0 atom stereocenters. The third-order valence-corrected chi connectivity index (χ3v) is 3.05. The van der Waals surface area contributed by atoms with Crippen LogP contribution in [0.4, 0.5) is 0 Å². The van der Waals surface area contributed by atoms with E-state index in [9.17, 15) is 9.90 Å². The highest BCUT2D eigenvalue weighted by molar-refractivity contribution is 6.43. The summed E-state index contributed by atoms with van der Waals surface area (Å²) >= 11 is 0. The maximum Gasteiger partial charge on any atom is 0.360 e. The number of methoxy groups -OCH3 is 1. The topological polar surface area (TPSA) is 77.4 Å². The lowest BCUT2D eigenvalue weighted by Crippen LogP contribution is -2.19. The summed E-state index contributed by atoms with van der Waals surface area (Å²) in [4.78, 5) is 16.6. The highest BCUT2D eigenvalue weighted by atomic mass is 16.6. The Morgan fingerprint density at radius 2 is 1.91 bits per heavy atom. The quantitative estimate of drug-likeness (QED) is 0.503. The second-order valence-electron chi connectivity index (χ2n) is 4.56. The largest absolute Gasteiger partial charge is 0.508 e. The summed E-state index contributed by atoms with van der Waals surface area (Å²) in [5.74, 6) is 0.0340. The van der Waals surface area contributed by atoms with Crippen molar-refractivity contribution in [3.63, 3.8) is 0 Å². The average molecular weight is 315 g/mol. The van der Waals surface area contributed by atoms with Gasteiger partial charge in [-0.15, -0.1) is 0 Å². The van der Waals surface area contributed by atoms with Gasteiger partial charge in [0.1, 0.15) is 25.2 Å². The van der Waals surface area contributed by atoms with E-state index in [2.05, 4.69) is 5.16 Å². The molecule has 6 heteroatoms. The molecule has 6 nitrogen and oxygen atoms in total. The molecule has 0 radical (unpaired) electrons. The third kappa shape index (κ3) is 4.23. The number of ether oxygens (including phenoxy) is 2. The normalized spacial score (nSPS) is 11.0. The van der Waals surface area contributed by atoms with Gasteiger partial charge in [-0.25, -0.2) is 4.79 Å². The Labute approximate surface area is 133 Å². The van der Waals surface area contributed by atoms with Gasteiger partial charge in [0.05, 0.1) is 7.11 Å². The van der Waals surface area contributed by atoms with Crippen molar-refractivity contribution in [3.8, 4) is 11.5 Å². The first-order chi connectivity index (χ1) is 11.2. The Kier molecular flexibility index (Phi) is 5.57. The predicted octanol–water partition coefficient (Wildman–Crippen LogP) is 2.49. The third-order valence-electron chi connectivity index (χ3n) is 3.05. The van der Waals surface area contributed by atoms with E-state index in [1.54, 1.807) is 30.3 Å². The van der Waals surface area contributed by atoms with Crippen molar-refractivity contribution in [2.45, 2.75) is 6.61 Å². The van der Waals surface area contributed by atoms with Crippen LogP contribution < -0.4 is 4.74 Å². The van der Waals surface area contributed by atoms with Gasteiger partial charge in [-0.2, -0.15) is 0 Å². The maximum atomic E-state index is 11.9. The van der Waals surface area contributed by atoms with Crippen LogP contribution >= 0.6 is 0 Å². The molecule has 2 rings (SSSR count). The Balaban J connectivity index is 2.26. The summed E-state index contributed by atoms with van der Waals surface area (Å²) in [6.07, 6.45) is 0. The van der Waals surface area contributed by atoms with Gasteiger partial charge in [-0.05, 0) is 17.7 Å². The van der Waals surface area contributed by atoms with Crippen LogP contribution in [0.15, 0.2) is 53.7 Å². The van der Waals surface area contributed by atoms with Gasteiger partial charge in [-0.3, -0.25) is 0 Å². The monoisotopic (exact) mass is 315 g/mol. The Hall–Kier alpha value is -3.02. The zero-order chi connectivity index (χ0) is 16.7. The molecular weight excluding hydrogens is 298 g/mol. The van der Waals surface area contributed by atoms with E-state index in [0.29, 0.717) is 11.3 Å². The summed E-state index contributed by atoms with van der Waals surface area (Å²) in [5, 5.41) is 13.2. The first kappa shape index (κ1) is 16.4. The molecule has 0 aromatic heterocycles. The molecule has 23 heavy (non-hydrogen) atoms. The van der Waals surface area contributed by atoms with Crippen molar-refractivity contribution >= 4 is 11.7 Å². The van der Waals surface area contributed by atoms with E-state index in [-0.39, 0.29) is 18.1 Å². The zero-order valence-electron chi connectivity index (χ0n) is 12.9. The number of esters is 1. The lowest BCUT2D eigenvalue weighted by atomic mass is 10.0. The highest BCUT2D eigenvalue weighted by Crippen LogP contribution is 2.20. The van der Waals surface area contributed by atoms with E-state index in [1.807, 2.05) is 12.1 Å². The van der Waals surface area contributed by atoms with Crippen molar-refractivity contribution in [2.75, 3.05) is 14.2 Å². The molecule has 2 aromatic carbocycles. The van der Waals surface area contributed by atoms with Crippen molar-refractivity contribution < 1.29 is 24.2 Å². The fraction of sp³-hybridized carbons (Fsp3) is 0.176. The first-order valence-electron chi connectivity index (χ1n) is 6.85. The number of nitrogens with zero attached hydrogens (tertiary/aromatic N) is 1. The fourth-order valence-electron chi connectivity index (χ4n) is 2.00. The van der Waals surface area contributed by atoms with Crippen LogP contribution in [-0.4, -0.2) is 31.0 Å². The number of hydrogen-bond donors (Lipinski definition) is 1. The summed E-state index contributed by atoms with van der Waals surface area (Å²) < 4.78 is 10.4. The number of hydrogen-bond acceptors (Lipinski definition) is 6. The molecule has 120 valence electrons. The van der Waals surface area contributed by atoms with Crippen molar-refractivity contribution in [1.82, 2.24) is 0 Å². The molecule has 0 heterocycles. The van der Waals surface area contributed by atoms with Gasteiger partial charge in [0.2, 0.25) is 0 Å². The van der Waals surface area contributed by atoms with Crippen molar-refractivity contribution in [3.05, 3.63) is 59.7 Å². The van der Waals surface area contributed by atoms with Gasteiger partial charge < -0.3 is 19.4 Å². The molecule has 0 fully saturated rings. The number of benzene rings is 2. The molecule has 0 aliphatic rings. The standard InChI is InChI=1S/C17H17NO5/c1-21-17(20)16(18-22-2)15-9-4-3-6-12(15)11-23-14-8-5-7-13(19)10-14/h3-10,19H,11H2,1-2H3/b18-16+. The minimum atomic E-state index is -0.600. The van der Waals surface area contributed by atoms with Crippen molar-refractivity contribution in [1.29, 1.82) is 0 Å². The molecule has 0 aliphatic carbocycles. The molecule has 0 saturated carbocycles. The van der Waals surface area contributed by atoms with E-state index < -0.39 is 5.97 Å². The summed E-state index contributed by atoms with van der Waals surface area (Å²) in [5.41, 5.74) is 1.35. The number of phenols is 1. The van der Waals surface area contributed by atoms with Crippen molar-refractivity contribution in [2.24, 2.45) is 5.16 Å². The molecule has 0 spiro atoms. The zero-order valence-corrected chi connectivity index (χ0v) is 12.9. The molecular formula is C17H17NO5. The number of carbonyl (C=O) groups is 1. The van der Waals surface area contributed by atoms with Crippen LogP contribution in [0.2, 0.25) is 0 Å². The average Bonchev–Trinajstić information content (AvgIpc) is 2.58. The second-order valence-corrected chi connectivity index (χ2v) is 4.56. The second kappa shape index (κ2) is 7.84. The Morgan fingerprint density at radius 3 is 2.61 bits per heavy atom. The Bertz CT molecular complexity index is 712. The molecule has 0 saturated heterocycles. The van der Waals surface area contributed by atoms with Crippen LogP contribution in [-0.2, 0) is 21.0 Å². The van der Waals surface area contributed by atoms with Crippen LogP contribution in [0.25, 0.3) is 0 Å². The van der Waals surface area contributed by atoms with Gasteiger partial charge in [0.25, 0.3) is 0 Å². The van der Waals surface area contributed by atoms with Crippen LogP contribution in [0.1, 0.15) is 11.1 Å². The molecule has 1 N–H and O–H groups in total. The maximum absolute atomic E-state index is 11.9. The van der Waals surface area contributed by atoms with E-state index in [0.717, 1.165) is 5.56 Å². The van der Waals surface area contributed by atoms with E-state index in [1.165, 1.54) is 20.3 Å².